The average molecular weight is 432 g/mol. The molecule has 1 N–H and O–H groups in total. The Labute approximate surface area is 189 Å². The quantitative estimate of drug-likeness (QED) is 0.291. The third-order valence-electron chi connectivity index (χ3n) is 10.6. The second-order valence-corrected chi connectivity index (χ2v) is 12.6. The molecule has 4 rings (SSSR count). The van der Waals surface area contributed by atoms with E-state index in [1.807, 2.05) is 6.08 Å². The van der Waals surface area contributed by atoms with Crippen LogP contribution in [-0.2, 0) is 0 Å². The van der Waals surface area contributed by atoms with Gasteiger partial charge in [0, 0.05) is 16.9 Å². The van der Waals surface area contributed by atoms with E-state index in [-0.39, 0.29) is 10.3 Å². The maximum atomic E-state index is 12.1. The normalized spacial score (nSPS) is 45.5. The summed E-state index contributed by atoms with van der Waals surface area (Å²) in [4.78, 5) is 12.1. The van der Waals surface area contributed by atoms with Crippen LogP contribution < -0.4 is 0 Å². The number of nitro groups is 1. The van der Waals surface area contributed by atoms with Gasteiger partial charge >= 0.3 is 0 Å². The fraction of sp³-hybridized carbons (Fsp3) is 0.926. The van der Waals surface area contributed by atoms with Crippen molar-refractivity contribution in [3.8, 4) is 0 Å². The maximum absolute atomic E-state index is 12.1. The zero-order valence-electron chi connectivity index (χ0n) is 20.5. The first-order valence-electron chi connectivity index (χ1n) is 13.1. The lowest BCUT2D eigenvalue weighted by atomic mass is 9.45. The number of rotatable bonds is 6. The summed E-state index contributed by atoms with van der Waals surface area (Å²) in [5.41, 5.74) is 1.21. The molecule has 0 bridgehead atoms. The highest BCUT2D eigenvalue weighted by Crippen LogP contribution is 2.68. The van der Waals surface area contributed by atoms with Crippen molar-refractivity contribution in [3.63, 3.8) is 0 Å². The van der Waals surface area contributed by atoms with E-state index in [0.29, 0.717) is 29.6 Å². The summed E-state index contributed by atoms with van der Waals surface area (Å²) in [5.74, 6) is 3.98. The SMILES string of the molecule is CC(C)CCC[C@H](C)[C@@H]1CC[C@@H]2[C@H]3C[C@H]([N+](=O)[O-])C4=C[C@@H](O)CC[C@]4(C)[C@@H]3CC[C@]21C. The van der Waals surface area contributed by atoms with E-state index in [2.05, 4.69) is 34.6 Å². The summed E-state index contributed by atoms with van der Waals surface area (Å²) < 4.78 is 0. The molecule has 3 fully saturated rings. The topological polar surface area (TPSA) is 63.4 Å². The van der Waals surface area contributed by atoms with Crippen LogP contribution in [0.2, 0.25) is 0 Å². The Balaban J connectivity index is 1.57. The smallest absolute Gasteiger partial charge is 0.235 e. The Hall–Kier alpha value is -0.900. The maximum Gasteiger partial charge on any atom is 0.235 e. The zero-order valence-corrected chi connectivity index (χ0v) is 20.5. The molecule has 0 amide bonds. The molecule has 0 aromatic rings. The molecule has 4 nitrogen and oxygen atoms in total. The van der Waals surface area contributed by atoms with Crippen molar-refractivity contribution in [2.45, 2.75) is 111 Å². The Bertz CT molecular complexity index is 717. The second kappa shape index (κ2) is 8.47. The van der Waals surface area contributed by atoms with Crippen LogP contribution >= 0.6 is 0 Å². The number of fused-ring (bicyclic) bond motifs is 5. The van der Waals surface area contributed by atoms with Gasteiger partial charge in [0.2, 0.25) is 6.04 Å². The molecular formula is C27H45NO3. The van der Waals surface area contributed by atoms with Crippen LogP contribution in [0.3, 0.4) is 0 Å². The number of hydrogen-bond acceptors (Lipinski definition) is 3. The largest absolute Gasteiger partial charge is 0.389 e. The van der Waals surface area contributed by atoms with Gasteiger partial charge in [0.15, 0.2) is 0 Å². The molecule has 4 aliphatic carbocycles. The predicted octanol–water partition coefficient (Wildman–Crippen LogP) is 6.64. The number of nitrogens with zero attached hydrogens (tertiary/aromatic N) is 1. The van der Waals surface area contributed by atoms with E-state index in [1.54, 1.807) is 0 Å². The molecule has 176 valence electrons. The first-order valence-corrected chi connectivity index (χ1v) is 13.1. The lowest BCUT2D eigenvalue weighted by Crippen LogP contribution is -2.55. The van der Waals surface area contributed by atoms with Crippen LogP contribution in [0.5, 0.6) is 0 Å². The van der Waals surface area contributed by atoms with Gasteiger partial charge in [-0.2, -0.15) is 0 Å². The fourth-order valence-corrected chi connectivity index (χ4v) is 8.98. The monoisotopic (exact) mass is 431 g/mol. The number of aliphatic hydroxyl groups excluding tert-OH is 1. The number of aliphatic hydroxyl groups is 1. The lowest BCUT2D eigenvalue weighted by molar-refractivity contribution is -0.521. The van der Waals surface area contributed by atoms with Crippen molar-refractivity contribution in [1.82, 2.24) is 0 Å². The van der Waals surface area contributed by atoms with Crippen molar-refractivity contribution < 1.29 is 10.0 Å². The standard InChI is InChI=1S/C27H45NO3/c1-17(2)7-6-8-18(3)21-9-10-22-20-16-25(28(30)31)24-15-19(29)11-13-27(24,5)23(20)12-14-26(21,22)4/h15,17-23,25,29H,6-14,16H2,1-5H3/t18-,19-,20+,21-,22+,23+,25-,26-,27+/m0/s1. The van der Waals surface area contributed by atoms with Crippen molar-refractivity contribution in [3.05, 3.63) is 21.8 Å². The molecule has 31 heavy (non-hydrogen) atoms. The molecule has 0 spiro atoms. The third-order valence-corrected chi connectivity index (χ3v) is 10.6. The lowest BCUT2D eigenvalue weighted by Gasteiger charge is -2.59. The van der Waals surface area contributed by atoms with E-state index in [9.17, 15) is 15.2 Å². The molecule has 4 heteroatoms. The molecular weight excluding hydrogens is 386 g/mol. The first-order chi connectivity index (χ1) is 14.6. The summed E-state index contributed by atoms with van der Waals surface area (Å²) in [6, 6.07) is -0.592. The summed E-state index contributed by atoms with van der Waals surface area (Å²) in [7, 11) is 0. The minimum atomic E-state index is -0.592. The summed E-state index contributed by atoms with van der Waals surface area (Å²) in [6.07, 6.45) is 12.8. The summed E-state index contributed by atoms with van der Waals surface area (Å²) in [5, 5.41) is 22.4. The Morgan fingerprint density at radius 2 is 1.84 bits per heavy atom. The molecule has 0 radical (unpaired) electrons. The van der Waals surface area contributed by atoms with Gasteiger partial charge in [-0.3, -0.25) is 10.1 Å². The third kappa shape index (κ3) is 3.89. The van der Waals surface area contributed by atoms with E-state index in [0.717, 1.165) is 36.2 Å². The van der Waals surface area contributed by atoms with Crippen molar-refractivity contribution in [2.75, 3.05) is 0 Å². The van der Waals surface area contributed by atoms with Crippen molar-refractivity contribution in [2.24, 2.45) is 46.3 Å². The molecule has 0 heterocycles. The zero-order chi connectivity index (χ0) is 22.6. The van der Waals surface area contributed by atoms with Crippen LogP contribution in [0.4, 0.5) is 0 Å². The van der Waals surface area contributed by atoms with Gasteiger partial charge in [-0.05, 0) is 90.9 Å². The molecule has 0 aromatic heterocycles. The minimum absolute atomic E-state index is 0.0364. The highest BCUT2D eigenvalue weighted by Gasteiger charge is 2.62. The molecule has 9 atom stereocenters. The highest BCUT2D eigenvalue weighted by molar-refractivity contribution is 5.29. The summed E-state index contributed by atoms with van der Waals surface area (Å²) >= 11 is 0. The van der Waals surface area contributed by atoms with Crippen LogP contribution in [-0.4, -0.2) is 22.2 Å². The number of hydrogen-bond donors (Lipinski definition) is 1. The van der Waals surface area contributed by atoms with E-state index < -0.39 is 12.1 Å². The molecule has 0 aromatic carbocycles. The Morgan fingerprint density at radius 3 is 2.52 bits per heavy atom. The molecule has 0 saturated heterocycles. The second-order valence-electron chi connectivity index (χ2n) is 12.6. The first kappa shape index (κ1) is 23.3. The van der Waals surface area contributed by atoms with Crippen molar-refractivity contribution in [1.29, 1.82) is 0 Å². The average Bonchev–Trinajstić information content (AvgIpc) is 3.05. The van der Waals surface area contributed by atoms with Gasteiger partial charge < -0.3 is 5.11 Å². The fourth-order valence-electron chi connectivity index (χ4n) is 8.98. The molecule has 4 aliphatic rings. The molecule has 3 saturated carbocycles. The molecule has 0 unspecified atom stereocenters. The Morgan fingerprint density at radius 1 is 1.10 bits per heavy atom. The van der Waals surface area contributed by atoms with Gasteiger partial charge in [-0.25, -0.2) is 0 Å². The summed E-state index contributed by atoms with van der Waals surface area (Å²) in [6.45, 7) is 12.0. The van der Waals surface area contributed by atoms with Gasteiger partial charge in [0.1, 0.15) is 0 Å². The Kier molecular flexibility index (Phi) is 6.35. The van der Waals surface area contributed by atoms with Crippen LogP contribution in [0.1, 0.15) is 98.8 Å². The highest BCUT2D eigenvalue weighted by atomic mass is 16.6. The molecule has 0 aliphatic heterocycles. The van der Waals surface area contributed by atoms with E-state index >= 15 is 0 Å². The van der Waals surface area contributed by atoms with Gasteiger partial charge in [-0.15, -0.1) is 0 Å². The van der Waals surface area contributed by atoms with E-state index in [4.69, 9.17) is 0 Å². The minimum Gasteiger partial charge on any atom is -0.389 e. The van der Waals surface area contributed by atoms with Crippen molar-refractivity contribution >= 4 is 0 Å². The predicted molar refractivity (Wildman–Crippen MR) is 125 cm³/mol. The van der Waals surface area contributed by atoms with Crippen LogP contribution in [0, 0.1) is 56.5 Å². The van der Waals surface area contributed by atoms with Gasteiger partial charge in [0.05, 0.1) is 6.10 Å². The van der Waals surface area contributed by atoms with Gasteiger partial charge in [-0.1, -0.05) is 53.9 Å². The van der Waals surface area contributed by atoms with Crippen LogP contribution in [0.15, 0.2) is 11.6 Å². The van der Waals surface area contributed by atoms with Crippen LogP contribution in [0.25, 0.3) is 0 Å². The van der Waals surface area contributed by atoms with Gasteiger partial charge in [0.25, 0.3) is 0 Å². The van der Waals surface area contributed by atoms with E-state index in [1.165, 1.54) is 44.9 Å².